The highest BCUT2D eigenvalue weighted by Gasteiger charge is 2.08. The van der Waals surface area contributed by atoms with Gasteiger partial charge in [0.2, 0.25) is 0 Å². The molecule has 0 saturated carbocycles. The van der Waals surface area contributed by atoms with Crippen molar-refractivity contribution in [2.75, 3.05) is 25.1 Å². The molecule has 0 aliphatic rings. The van der Waals surface area contributed by atoms with Crippen molar-refractivity contribution < 1.29 is 18.7 Å². The van der Waals surface area contributed by atoms with Crippen LogP contribution in [-0.4, -0.2) is 25.7 Å². The van der Waals surface area contributed by atoms with Crippen LogP contribution < -0.4 is 10.1 Å². The molecule has 4 nitrogen and oxygen atoms in total. The van der Waals surface area contributed by atoms with Crippen LogP contribution in [0.15, 0.2) is 42.5 Å². The van der Waals surface area contributed by atoms with Gasteiger partial charge in [0.25, 0.3) is 5.91 Å². The van der Waals surface area contributed by atoms with E-state index in [9.17, 15) is 9.18 Å². The van der Waals surface area contributed by atoms with Crippen molar-refractivity contribution in [1.29, 1.82) is 0 Å². The number of hydrogen-bond donors (Lipinski definition) is 1. The summed E-state index contributed by atoms with van der Waals surface area (Å²) < 4.78 is 23.7. The van der Waals surface area contributed by atoms with E-state index in [2.05, 4.69) is 5.32 Å². The summed E-state index contributed by atoms with van der Waals surface area (Å²) in [5.74, 6) is -0.183. The fourth-order valence-corrected chi connectivity index (χ4v) is 2.02. The van der Waals surface area contributed by atoms with Gasteiger partial charge in [-0.3, -0.25) is 4.79 Å². The fraction of sp³-hybridized carbons (Fsp3) is 0.235. The van der Waals surface area contributed by atoms with E-state index in [1.165, 1.54) is 18.2 Å². The molecule has 0 unspecified atom stereocenters. The third-order valence-electron chi connectivity index (χ3n) is 2.99. The lowest BCUT2D eigenvalue weighted by Crippen LogP contribution is -2.12. The Morgan fingerprint density at radius 2 is 1.91 bits per heavy atom. The molecule has 0 saturated heterocycles. The molecule has 0 heterocycles. The van der Waals surface area contributed by atoms with Crippen molar-refractivity contribution in [3.8, 4) is 5.75 Å². The molecular weight excluding hydrogens is 321 g/mol. The second kappa shape index (κ2) is 8.50. The van der Waals surface area contributed by atoms with Crippen LogP contribution in [0.1, 0.15) is 17.3 Å². The van der Waals surface area contributed by atoms with Gasteiger partial charge in [0, 0.05) is 17.9 Å². The smallest absolute Gasteiger partial charge is 0.255 e. The number of ether oxygens (including phenoxy) is 2. The van der Waals surface area contributed by atoms with Crippen LogP contribution in [0.25, 0.3) is 0 Å². The topological polar surface area (TPSA) is 47.6 Å². The van der Waals surface area contributed by atoms with Crippen molar-refractivity contribution in [2.45, 2.75) is 6.92 Å². The first kappa shape index (κ1) is 17.2. The summed E-state index contributed by atoms with van der Waals surface area (Å²) in [6, 6.07) is 10.7. The van der Waals surface area contributed by atoms with Crippen LogP contribution in [0.3, 0.4) is 0 Å². The average Bonchev–Trinajstić information content (AvgIpc) is 2.55. The minimum absolute atomic E-state index is 0.0409. The molecule has 6 heteroatoms. The summed E-state index contributed by atoms with van der Waals surface area (Å²) in [6.07, 6.45) is 0. The highest BCUT2D eigenvalue weighted by Crippen LogP contribution is 2.20. The SMILES string of the molecule is CCOCCOc1ccc(C(=O)Nc2ccc(F)c(Cl)c2)cc1. The summed E-state index contributed by atoms with van der Waals surface area (Å²) in [6.45, 7) is 3.54. The number of hydrogen-bond acceptors (Lipinski definition) is 3. The van der Waals surface area contributed by atoms with Crippen LogP contribution in [-0.2, 0) is 4.74 Å². The Morgan fingerprint density at radius 1 is 1.17 bits per heavy atom. The standard InChI is InChI=1S/C17H17ClFNO3/c1-2-22-9-10-23-14-6-3-12(4-7-14)17(21)20-13-5-8-16(19)15(18)11-13/h3-8,11H,2,9-10H2,1H3,(H,20,21). The molecule has 23 heavy (non-hydrogen) atoms. The Morgan fingerprint density at radius 3 is 2.57 bits per heavy atom. The summed E-state index contributed by atoms with van der Waals surface area (Å²) in [5, 5.41) is 2.61. The minimum atomic E-state index is -0.529. The van der Waals surface area contributed by atoms with E-state index < -0.39 is 5.82 Å². The Kier molecular flexibility index (Phi) is 6.38. The highest BCUT2D eigenvalue weighted by molar-refractivity contribution is 6.31. The zero-order chi connectivity index (χ0) is 16.7. The van der Waals surface area contributed by atoms with Crippen LogP contribution in [0.5, 0.6) is 5.75 Å². The van der Waals surface area contributed by atoms with Gasteiger partial charge in [0.1, 0.15) is 18.2 Å². The van der Waals surface area contributed by atoms with Crippen molar-refractivity contribution in [2.24, 2.45) is 0 Å². The molecule has 0 aromatic heterocycles. The van der Waals surface area contributed by atoms with E-state index >= 15 is 0 Å². The molecule has 0 atom stereocenters. The van der Waals surface area contributed by atoms with Gasteiger partial charge in [-0.2, -0.15) is 0 Å². The molecule has 0 aliphatic heterocycles. The maximum atomic E-state index is 13.1. The van der Waals surface area contributed by atoms with E-state index in [1.807, 2.05) is 6.92 Å². The predicted molar refractivity (Wildman–Crippen MR) is 87.8 cm³/mol. The van der Waals surface area contributed by atoms with Crippen LogP contribution >= 0.6 is 11.6 Å². The second-order valence-electron chi connectivity index (χ2n) is 4.65. The average molecular weight is 338 g/mol. The van der Waals surface area contributed by atoms with Crippen LogP contribution in [0, 0.1) is 5.82 Å². The fourth-order valence-electron chi connectivity index (χ4n) is 1.84. The van der Waals surface area contributed by atoms with Crippen LogP contribution in [0.4, 0.5) is 10.1 Å². The molecule has 0 bridgehead atoms. The van der Waals surface area contributed by atoms with E-state index in [4.69, 9.17) is 21.1 Å². The summed E-state index contributed by atoms with van der Waals surface area (Å²) in [5.41, 5.74) is 0.890. The number of nitrogens with one attached hydrogen (secondary N) is 1. The largest absolute Gasteiger partial charge is 0.491 e. The molecule has 122 valence electrons. The lowest BCUT2D eigenvalue weighted by Gasteiger charge is -2.08. The van der Waals surface area contributed by atoms with E-state index in [0.717, 1.165) is 0 Å². The van der Waals surface area contributed by atoms with Gasteiger partial charge < -0.3 is 14.8 Å². The van der Waals surface area contributed by atoms with Gasteiger partial charge in [-0.15, -0.1) is 0 Å². The monoisotopic (exact) mass is 337 g/mol. The molecule has 0 aliphatic carbocycles. The van der Waals surface area contributed by atoms with Gasteiger partial charge in [0.05, 0.1) is 11.6 Å². The Labute approximate surface area is 139 Å². The van der Waals surface area contributed by atoms with Crippen molar-refractivity contribution in [3.63, 3.8) is 0 Å². The molecule has 2 aromatic rings. The van der Waals surface area contributed by atoms with Crippen molar-refractivity contribution in [3.05, 3.63) is 58.9 Å². The third kappa shape index (κ3) is 5.23. The zero-order valence-electron chi connectivity index (χ0n) is 12.6. The lowest BCUT2D eigenvalue weighted by molar-refractivity contribution is 0.102. The Hall–Kier alpha value is -2.11. The first-order valence-corrected chi connectivity index (χ1v) is 7.55. The number of rotatable bonds is 7. The number of anilines is 1. The molecule has 0 radical (unpaired) electrons. The number of benzene rings is 2. The van der Waals surface area contributed by atoms with Gasteiger partial charge in [-0.1, -0.05) is 11.6 Å². The maximum Gasteiger partial charge on any atom is 0.255 e. The first-order chi connectivity index (χ1) is 11.1. The van der Waals surface area contributed by atoms with E-state index in [0.29, 0.717) is 36.8 Å². The molecule has 0 spiro atoms. The molecule has 1 N–H and O–H groups in total. The molecular formula is C17H17ClFNO3. The van der Waals surface area contributed by atoms with Crippen molar-refractivity contribution >= 4 is 23.2 Å². The predicted octanol–water partition coefficient (Wildman–Crippen LogP) is 4.15. The summed E-state index contributed by atoms with van der Waals surface area (Å²) >= 11 is 5.68. The van der Waals surface area contributed by atoms with Gasteiger partial charge in [0.15, 0.2) is 0 Å². The Bertz CT molecular complexity index is 661. The van der Waals surface area contributed by atoms with Crippen LogP contribution in [0.2, 0.25) is 5.02 Å². The quantitative estimate of drug-likeness (QED) is 0.772. The zero-order valence-corrected chi connectivity index (χ0v) is 13.4. The lowest BCUT2D eigenvalue weighted by atomic mass is 10.2. The van der Waals surface area contributed by atoms with Gasteiger partial charge >= 0.3 is 0 Å². The molecule has 1 amide bonds. The number of halogens is 2. The number of carbonyl (C=O) groups is 1. The number of carbonyl (C=O) groups excluding carboxylic acids is 1. The Balaban J connectivity index is 1.93. The van der Waals surface area contributed by atoms with Gasteiger partial charge in [-0.05, 0) is 49.4 Å². The molecule has 0 fully saturated rings. The van der Waals surface area contributed by atoms with Crippen molar-refractivity contribution in [1.82, 2.24) is 0 Å². The maximum absolute atomic E-state index is 13.1. The number of amides is 1. The minimum Gasteiger partial charge on any atom is -0.491 e. The normalized spacial score (nSPS) is 10.4. The molecule has 2 aromatic carbocycles. The molecule has 2 rings (SSSR count). The van der Waals surface area contributed by atoms with Gasteiger partial charge in [-0.25, -0.2) is 4.39 Å². The van der Waals surface area contributed by atoms with E-state index in [1.54, 1.807) is 24.3 Å². The summed E-state index contributed by atoms with van der Waals surface area (Å²) in [7, 11) is 0. The summed E-state index contributed by atoms with van der Waals surface area (Å²) in [4.78, 5) is 12.1. The third-order valence-corrected chi connectivity index (χ3v) is 3.28. The second-order valence-corrected chi connectivity index (χ2v) is 5.06. The van der Waals surface area contributed by atoms with E-state index in [-0.39, 0.29) is 10.9 Å². The first-order valence-electron chi connectivity index (χ1n) is 7.17. The highest BCUT2D eigenvalue weighted by atomic mass is 35.5.